The molecule has 0 radical (unpaired) electrons. The summed E-state index contributed by atoms with van der Waals surface area (Å²) in [5.74, 6) is 0. The Balaban J connectivity index is 0. The minimum absolute atomic E-state index is 0.327. The van der Waals surface area contributed by atoms with Crippen LogP contribution >= 0.6 is 0 Å². The van der Waals surface area contributed by atoms with Crippen molar-refractivity contribution in [3.63, 3.8) is 0 Å². The van der Waals surface area contributed by atoms with Gasteiger partial charge in [0.15, 0.2) is 0 Å². The summed E-state index contributed by atoms with van der Waals surface area (Å²) in [6.07, 6.45) is -0.270. The molecule has 0 unspecified atom stereocenters. The number of nitrogens with two attached hydrogens (primary N) is 2. The molecule has 5 N–H and O–H groups in total. The molecule has 0 saturated carbocycles. The quantitative estimate of drug-likeness (QED) is 0.338. The van der Waals surface area contributed by atoms with Crippen molar-refractivity contribution < 1.29 is 33.6 Å². The normalized spacial score (nSPS) is 11.1. The Morgan fingerprint density at radius 3 is 1.27 bits per heavy atom. The average molecular weight is 382 g/mol. The van der Waals surface area contributed by atoms with Crippen LogP contribution < -0.4 is 11.5 Å². The molecule has 0 saturated heterocycles. The van der Waals surface area contributed by atoms with E-state index in [0.29, 0.717) is 71.4 Å². The third-order valence-corrected chi connectivity index (χ3v) is 2.75. The summed E-state index contributed by atoms with van der Waals surface area (Å²) in [4.78, 5) is 8.78. The molecule has 26 heavy (non-hydrogen) atoms. The maximum Gasteiger partial charge on any atom is 0.402 e. The van der Waals surface area contributed by atoms with Gasteiger partial charge in [0.2, 0.25) is 0 Å². The zero-order chi connectivity index (χ0) is 20.1. The molecule has 0 aliphatic carbocycles. The topological polar surface area (TPSA) is 135 Å². The van der Waals surface area contributed by atoms with Crippen LogP contribution in [-0.4, -0.2) is 83.8 Å². The molecule has 9 heteroatoms. The molecule has 1 amide bonds. The molecule has 0 aliphatic heterocycles. The van der Waals surface area contributed by atoms with Gasteiger partial charge in [0.25, 0.3) is 0 Å². The smallest absolute Gasteiger partial charge is 0.402 e. The summed E-state index contributed by atoms with van der Waals surface area (Å²) in [6.45, 7) is 13.3. The number of carboxylic acid groups (broad SMARTS) is 1. The van der Waals surface area contributed by atoms with Gasteiger partial charge in [-0.1, -0.05) is 20.8 Å². The lowest BCUT2D eigenvalue weighted by atomic mass is 9.93. The summed E-state index contributed by atoms with van der Waals surface area (Å²) < 4.78 is 26.8. The van der Waals surface area contributed by atoms with Gasteiger partial charge in [-0.3, -0.25) is 0 Å². The van der Waals surface area contributed by atoms with Gasteiger partial charge in [0, 0.05) is 13.2 Å². The predicted octanol–water partition coefficient (Wildman–Crippen LogP) is 1.09. The molecule has 9 nitrogen and oxygen atoms in total. The van der Waals surface area contributed by atoms with E-state index in [-0.39, 0.29) is 0 Å². The number of hydrogen-bond acceptors (Lipinski definition) is 7. The van der Waals surface area contributed by atoms with Crippen LogP contribution in [0.2, 0.25) is 0 Å². The second-order valence-electron chi connectivity index (χ2n) is 6.50. The van der Waals surface area contributed by atoms with Crippen molar-refractivity contribution in [1.82, 2.24) is 0 Å². The Hall–Kier alpha value is -0.970. The van der Waals surface area contributed by atoms with E-state index < -0.39 is 6.09 Å². The van der Waals surface area contributed by atoms with Crippen molar-refractivity contribution in [3.05, 3.63) is 0 Å². The predicted molar refractivity (Wildman–Crippen MR) is 99.4 cm³/mol. The van der Waals surface area contributed by atoms with Crippen molar-refractivity contribution in [1.29, 1.82) is 0 Å². The number of carbonyl (C=O) groups is 1. The van der Waals surface area contributed by atoms with Gasteiger partial charge >= 0.3 is 6.09 Å². The molecule has 158 valence electrons. The van der Waals surface area contributed by atoms with E-state index in [2.05, 4.69) is 26.5 Å². The van der Waals surface area contributed by atoms with E-state index >= 15 is 0 Å². The fraction of sp³-hybridized carbons (Fsp3) is 0.941. The molecule has 0 fully saturated rings. The Morgan fingerprint density at radius 2 is 1.00 bits per heavy atom. The number of amides is 1. The molecule has 0 rings (SSSR count). The van der Waals surface area contributed by atoms with Crippen molar-refractivity contribution in [2.24, 2.45) is 16.9 Å². The molecule has 0 aliphatic rings. The fourth-order valence-corrected chi connectivity index (χ4v) is 1.44. The highest BCUT2D eigenvalue weighted by Gasteiger charge is 2.08. The van der Waals surface area contributed by atoms with Crippen LogP contribution in [0.25, 0.3) is 0 Å². The molecule has 0 aromatic heterocycles. The molecule has 0 spiro atoms. The van der Waals surface area contributed by atoms with E-state index in [1.54, 1.807) is 0 Å². The fourth-order valence-electron chi connectivity index (χ4n) is 1.44. The van der Waals surface area contributed by atoms with Crippen molar-refractivity contribution >= 4 is 6.09 Å². The first kappa shape index (κ1) is 27.3. The van der Waals surface area contributed by atoms with Gasteiger partial charge in [-0.05, 0) is 11.8 Å². The summed E-state index contributed by atoms with van der Waals surface area (Å²) in [7, 11) is 0. The van der Waals surface area contributed by atoms with Crippen LogP contribution in [0.1, 0.15) is 27.2 Å². The zero-order valence-electron chi connectivity index (χ0n) is 16.5. The second-order valence-corrected chi connectivity index (χ2v) is 6.50. The molecular formula is C17H38N2O7. The van der Waals surface area contributed by atoms with Crippen LogP contribution in [-0.2, 0) is 23.7 Å². The van der Waals surface area contributed by atoms with Gasteiger partial charge in [-0.2, -0.15) is 0 Å². The standard InChI is InChI=1S/C16H35NO5.CH3NO2/c1-16(2,3)4-6-18-8-10-20-12-14-22-15-13-21-11-9-19-7-5-17;2-1(3)4/h4-15,17H2,1-3H3;2H2,(H,3,4). The average Bonchev–Trinajstić information content (AvgIpc) is 2.53. The SMILES string of the molecule is CC(C)(C)CCOCCOCCOCCOCCOCCN.NC(=O)O. The Kier molecular flexibility index (Phi) is 21.3. The summed E-state index contributed by atoms with van der Waals surface area (Å²) in [6, 6.07) is 0. The van der Waals surface area contributed by atoms with Crippen LogP contribution in [0.15, 0.2) is 0 Å². The van der Waals surface area contributed by atoms with E-state index in [1.165, 1.54) is 0 Å². The minimum atomic E-state index is -1.33. The second kappa shape index (κ2) is 20.3. The highest BCUT2D eigenvalue weighted by Crippen LogP contribution is 2.17. The first-order valence-corrected chi connectivity index (χ1v) is 8.86. The monoisotopic (exact) mass is 382 g/mol. The highest BCUT2D eigenvalue weighted by atomic mass is 16.6. The lowest BCUT2D eigenvalue weighted by Crippen LogP contribution is -2.15. The minimum Gasteiger partial charge on any atom is -0.465 e. The van der Waals surface area contributed by atoms with Gasteiger partial charge < -0.3 is 40.3 Å². The Morgan fingerprint density at radius 1 is 0.731 bits per heavy atom. The van der Waals surface area contributed by atoms with E-state index in [1.807, 2.05) is 0 Å². The lowest BCUT2D eigenvalue weighted by molar-refractivity contribution is -0.0119. The van der Waals surface area contributed by atoms with Gasteiger partial charge in [0.1, 0.15) is 0 Å². The molecule has 0 atom stereocenters. The third-order valence-electron chi connectivity index (χ3n) is 2.75. The van der Waals surface area contributed by atoms with Crippen molar-refractivity contribution in [3.8, 4) is 0 Å². The number of primary amides is 1. The van der Waals surface area contributed by atoms with E-state index in [9.17, 15) is 0 Å². The van der Waals surface area contributed by atoms with Crippen LogP contribution in [0.5, 0.6) is 0 Å². The summed E-state index contributed by atoms with van der Waals surface area (Å²) >= 11 is 0. The summed E-state index contributed by atoms with van der Waals surface area (Å²) in [5, 5.41) is 7.19. The van der Waals surface area contributed by atoms with Gasteiger partial charge in [0.05, 0.1) is 59.5 Å². The molecule has 0 heterocycles. The van der Waals surface area contributed by atoms with Crippen LogP contribution in [0.4, 0.5) is 4.79 Å². The third kappa shape index (κ3) is 34.4. The van der Waals surface area contributed by atoms with Gasteiger partial charge in [-0.15, -0.1) is 0 Å². The Bertz CT molecular complexity index is 295. The molecule has 0 aromatic rings. The first-order chi connectivity index (χ1) is 12.3. The maximum atomic E-state index is 8.78. The Labute approximate surface area is 157 Å². The number of rotatable bonds is 16. The lowest BCUT2D eigenvalue weighted by Gasteiger charge is -2.17. The molecular weight excluding hydrogens is 344 g/mol. The highest BCUT2D eigenvalue weighted by molar-refractivity contribution is 5.61. The molecule has 0 bridgehead atoms. The van der Waals surface area contributed by atoms with Crippen molar-refractivity contribution in [2.45, 2.75) is 27.2 Å². The number of hydrogen-bond donors (Lipinski definition) is 3. The van der Waals surface area contributed by atoms with Gasteiger partial charge in [-0.25, -0.2) is 4.79 Å². The van der Waals surface area contributed by atoms with Crippen molar-refractivity contribution in [2.75, 3.05) is 72.6 Å². The maximum absolute atomic E-state index is 8.78. The largest absolute Gasteiger partial charge is 0.465 e. The summed E-state index contributed by atoms with van der Waals surface area (Å²) in [5.41, 5.74) is 9.65. The van der Waals surface area contributed by atoms with E-state index in [4.69, 9.17) is 39.3 Å². The van der Waals surface area contributed by atoms with Crippen LogP contribution in [0, 0.1) is 5.41 Å². The first-order valence-electron chi connectivity index (χ1n) is 8.86. The zero-order valence-corrected chi connectivity index (χ0v) is 16.5. The number of ether oxygens (including phenoxy) is 5. The van der Waals surface area contributed by atoms with Crippen LogP contribution in [0.3, 0.4) is 0 Å². The molecule has 0 aromatic carbocycles. The van der Waals surface area contributed by atoms with E-state index in [0.717, 1.165) is 13.0 Å².